The lowest BCUT2D eigenvalue weighted by Crippen LogP contribution is -2.39. The summed E-state index contributed by atoms with van der Waals surface area (Å²) in [5.74, 6) is 0.00564. The zero-order valence-corrected chi connectivity index (χ0v) is 13.1. The second-order valence-electron chi connectivity index (χ2n) is 4.99. The largest absolute Gasteiger partial charge is 0.456 e. The number of allylic oxidation sites excluding steroid dienone is 1. The number of nitrogens with one attached hydrogen (secondary N) is 2. The first-order valence-electron chi connectivity index (χ1n) is 7.28. The molecule has 0 radical (unpaired) electrons. The highest BCUT2D eigenvalue weighted by molar-refractivity contribution is 5.80. The van der Waals surface area contributed by atoms with Crippen LogP contribution in [0.3, 0.4) is 0 Å². The Morgan fingerprint density at radius 2 is 1.64 bits per heavy atom. The molecule has 1 aliphatic heterocycles. The zero-order chi connectivity index (χ0) is 17.8. The summed E-state index contributed by atoms with van der Waals surface area (Å²) in [5, 5.41) is 15.6. The molecule has 0 fully saturated rings. The molecular weight excluding hydrogens is 326 g/mol. The summed E-state index contributed by atoms with van der Waals surface area (Å²) in [6, 6.07) is 6.66. The van der Waals surface area contributed by atoms with E-state index in [1.807, 2.05) is 0 Å². The Hall–Kier alpha value is -3.53. The Bertz CT molecular complexity index is 808. The molecule has 6 N–H and O–H groups in total. The normalized spacial score (nSPS) is 19.2. The second kappa shape index (κ2) is 6.93. The third-order valence-electron chi connectivity index (χ3n) is 3.24. The molecule has 0 saturated heterocycles. The van der Waals surface area contributed by atoms with E-state index in [1.54, 1.807) is 49.1 Å². The minimum Gasteiger partial charge on any atom is -0.456 e. The van der Waals surface area contributed by atoms with E-state index in [2.05, 4.69) is 4.99 Å². The fourth-order valence-corrected chi connectivity index (χ4v) is 2.00. The molecule has 3 heterocycles. The lowest BCUT2D eigenvalue weighted by Gasteiger charge is -2.19. The van der Waals surface area contributed by atoms with Gasteiger partial charge in [0.05, 0.1) is 6.21 Å². The molecule has 2 atom stereocenters. The number of hydrogen-bond acceptors (Lipinski definition) is 8. The molecule has 0 bridgehead atoms. The van der Waals surface area contributed by atoms with Gasteiger partial charge in [0.15, 0.2) is 5.76 Å². The van der Waals surface area contributed by atoms with Gasteiger partial charge in [0.25, 0.3) is 12.0 Å². The maximum Gasteiger partial charge on any atom is 0.299 e. The first kappa shape index (κ1) is 16.3. The van der Waals surface area contributed by atoms with Gasteiger partial charge in [-0.05, 0) is 24.3 Å². The standard InChI is InChI=1S/C15H17N7O3/c16-11(24-14(18)21-5-1-2-6-21)10-9-20-13(23-10)12(17)25-15(19)22-7-3-4-8-22/h1-9,12-13,18-19H,16-17H2. The topological polar surface area (TPSA) is 150 Å². The van der Waals surface area contributed by atoms with Crippen molar-refractivity contribution in [3.05, 3.63) is 60.7 Å². The summed E-state index contributed by atoms with van der Waals surface area (Å²) >= 11 is 0. The van der Waals surface area contributed by atoms with Gasteiger partial charge >= 0.3 is 0 Å². The highest BCUT2D eigenvalue weighted by atomic mass is 16.6. The van der Waals surface area contributed by atoms with Crippen molar-refractivity contribution in [1.29, 1.82) is 10.8 Å². The first-order chi connectivity index (χ1) is 12.0. The van der Waals surface area contributed by atoms with E-state index in [0.717, 1.165) is 0 Å². The fraction of sp³-hybridized carbons (Fsp3) is 0.133. The summed E-state index contributed by atoms with van der Waals surface area (Å²) in [5.41, 5.74) is 11.6. The fourth-order valence-electron chi connectivity index (χ4n) is 2.00. The summed E-state index contributed by atoms with van der Waals surface area (Å²) in [4.78, 5) is 4.04. The molecule has 130 valence electrons. The predicted octanol–water partition coefficient (Wildman–Crippen LogP) is 0.428. The zero-order valence-electron chi connectivity index (χ0n) is 13.1. The average Bonchev–Trinajstić information content (AvgIpc) is 3.36. The quantitative estimate of drug-likeness (QED) is 0.276. The second-order valence-corrected chi connectivity index (χ2v) is 4.99. The van der Waals surface area contributed by atoms with Crippen LogP contribution in [-0.2, 0) is 14.2 Å². The molecule has 0 amide bonds. The van der Waals surface area contributed by atoms with E-state index < -0.39 is 12.5 Å². The van der Waals surface area contributed by atoms with Gasteiger partial charge < -0.3 is 19.9 Å². The van der Waals surface area contributed by atoms with Gasteiger partial charge in [0.2, 0.25) is 18.3 Å². The highest BCUT2D eigenvalue weighted by Crippen LogP contribution is 2.16. The molecule has 0 spiro atoms. The Morgan fingerprint density at radius 1 is 1.08 bits per heavy atom. The molecule has 0 saturated carbocycles. The van der Waals surface area contributed by atoms with Crippen molar-refractivity contribution < 1.29 is 14.2 Å². The number of aromatic nitrogens is 2. The molecule has 2 aromatic heterocycles. The third kappa shape index (κ3) is 3.70. The van der Waals surface area contributed by atoms with Crippen LogP contribution in [0, 0.1) is 10.8 Å². The molecule has 25 heavy (non-hydrogen) atoms. The van der Waals surface area contributed by atoms with Crippen LogP contribution in [0.4, 0.5) is 0 Å². The summed E-state index contributed by atoms with van der Waals surface area (Å²) in [6.45, 7) is 0. The van der Waals surface area contributed by atoms with Crippen molar-refractivity contribution >= 4 is 18.3 Å². The van der Waals surface area contributed by atoms with Crippen LogP contribution in [0.15, 0.2) is 65.7 Å². The van der Waals surface area contributed by atoms with Crippen LogP contribution in [-0.4, -0.2) is 39.8 Å². The van der Waals surface area contributed by atoms with E-state index in [1.165, 1.54) is 15.3 Å². The maximum absolute atomic E-state index is 7.81. The number of hydrogen-bond donors (Lipinski definition) is 4. The average molecular weight is 343 g/mol. The van der Waals surface area contributed by atoms with Crippen LogP contribution >= 0.6 is 0 Å². The van der Waals surface area contributed by atoms with Crippen molar-refractivity contribution in [1.82, 2.24) is 9.13 Å². The summed E-state index contributed by atoms with van der Waals surface area (Å²) in [7, 11) is 0. The number of nitrogens with zero attached hydrogens (tertiary/aromatic N) is 3. The number of nitrogens with two attached hydrogens (primary N) is 2. The molecule has 10 heteroatoms. The molecule has 0 aromatic carbocycles. The van der Waals surface area contributed by atoms with Crippen LogP contribution in [0.2, 0.25) is 0 Å². The van der Waals surface area contributed by atoms with Gasteiger partial charge in [-0.15, -0.1) is 0 Å². The molecule has 3 rings (SSSR count). The van der Waals surface area contributed by atoms with Crippen LogP contribution in [0.1, 0.15) is 0 Å². The molecule has 0 aliphatic carbocycles. The van der Waals surface area contributed by atoms with Gasteiger partial charge in [0.1, 0.15) is 0 Å². The highest BCUT2D eigenvalue weighted by Gasteiger charge is 2.28. The maximum atomic E-state index is 7.81. The molecule has 2 unspecified atom stereocenters. The minimum atomic E-state index is -1.01. The van der Waals surface area contributed by atoms with Gasteiger partial charge in [-0.25, -0.2) is 4.99 Å². The van der Waals surface area contributed by atoms with Crippen molar-refractivity contribution in [2.75, 3.05) is 0 Å². The van der Waals surface area contributed by atoms with Crippen LogP contribution < -0.4 is 11.5 Å². The lowest BCUT2D eigenvalue weighted by atomic mass is 10.5. The first-order valence-corrected chi connectivity index (χ1v) is 7.28. The van der Waals surface area contributed by atoms with Crippen molar-refractivity contribution in [2.24, 2.45) is 16.5 Å². The van der Waals surface area contributed by atoms with E-state index >= 15 is 0 Å². The molecule has 2 aromatic rings. The Kier molecular flexibility index (Phi) is 4.53. The number of rotatable bonds is 3. The number of ether oxygens (including phenoxy) is 3. The van der Waals surface area contributed by atoms with Gasteiger partial charge in [-0.1, -0.05) is 0 Å². The Labute approximate surface area is 142 Å². The molecule has 1 aliphatic rings. The van der Waals surface area contributed by atoms with Gasteiger partial charge in [-0.3, -0.25) is 25.7 Å². The minimum absolute atomic E-state index is 0.127. The van der Waals surface area contributed by atoms with Crippen LogP contribution in [0.5, 0.6) is 0 Å². The smallest absolute Gasteiger partial charge is 0.299 e. The van der Waals surface area contributed by atoms with E-state index in [0.29, 0.717) is 0 Å². The van der Waals surface area contributed by atoms with Crippen molar-refractivity contribution in [2.45, 2.75) is 12.5 Å². The monoisotopic (exact) mass is 343 g/mol. The van der Waals surface area contributed by atoms with E-state index in [9.17, 15) is 0 Å². The summed E-state index contributed by atoms with van der Waals surface area (Å²) < 4.78 is 18.8. The van der Waals surface area contributed by atoms with Gasteiger partial charge in [0, 0.05) is 24.8 Å². The van der Waals surface area contributed by atoms with Crippen molar-refractivity contribution in [3.63, 3.8) is 0 Å². The van der Waals surface area contributed by atoms with Gasteiger partial charge in [-0.2, -0.15) is 0 Å². The Morgan fingerprint density at radius 3 is 2.24 bits per heavy atom. The van der Waals surface area contributed by atoms with E-state index in [4.69, 9.17) is 36.5 Å². The number of aliphatic imine (C=N–C) groups is 1. The lowest BCUT2D eigenvalue weighted by molar-refractivity contribution is 0.0234. The van der Waals surface area contributed by atoms with Crippen LogP contribution in [0.25, 0.3) is 0 Å². The summed E-state index contributed by atoms with van der Waals surface area (Å²) in [6.07, 6.45) is 6.03. The Balaban J connectivity index is 1.58. The molecular formula is C15H17N7O3. The van der Waals surface area contributed by atoms with E-state index in [-0.39, 0.29) is 23.7 Å². The SMILES string of the molecule is N=C(OC(N)=C1C=NC(C(N)OC(=N)n2cccc2)O1)n1cccc1. The van der Waals surface area contributed by atoms with Crippen molar-refractivity contribution in [3.8, 4) is 0 Å². The predicted molar refractivity (Wildman–Crippen MR) is 89.8 cm³/mol. The molecule has 10 nitrogen and oxygen atoms in total. The third-order valence-corrected chi connectivity index (χ3v) is 3.24.